The molecule has 0 bridgehead atoms. The van der Waals surface area contributed by atoms with Crippen molar-refractivity contribution >= 4 is 34.7 Å². The quantitative estimate of drug-likeness (QED) is 0.672. The summed E-state index contributed by atoms with van der Waals surface area (Å²) in [6.45, 7) is 2.33. The highest BCUT2D eigenvalue weighted by atomic mass is 32.2. The van der Waals surface area contributed by atoms with E-state index >= 15 is 0 Å². The van der Waals surface area contributed by atoms with E-state index in [1.165, 1.54) is 49.2 Å². The number of fused-ring (bicyclic) bond motifs is 1. The summed E-state index contributed by atoms with van der Waals surface area (Å²) in [5, 5.41) is 0. The molecule has 0 aromatic heterocycles. The van der Waals surface area contributed by atoms with Crippen molar-refractivity contribution in [3.8, 4) is 0 Å². The Morgan fingerprint density at radius 2 is 2.00 bits per heavy atom. The third kappa shape index (κ3) is 3.07. The van der Waals surface area contributed by atoms with Crippen molar-refractivity contribution in [1.82, 2.24) is 0 Å². The van der Waals surface area contributed by atoms with Crippen molar-refractivity contribution in [1.29, 1.82) is 0 Å². The van der Waals surface area contributed by atoms with Crippen LogP contribution in [0, 0.1) is 11.8 Å². The number of nitrogens with zero attached hydrogens (tertiary/aromatic N) is 1. The van der Waals surface area contributed by atoms with Crippen molar-refractivity contribution in [2.45, 2.75) is 37.0 Å². The third-order valence-corrected chi connectivity index (χ3v) is 6.09. The molecule has 2 fully saturated rings. The third-order valence-electron chi connectivity index (χ3n) is 5.10. The summed E-state index contributed by atoms with van der Waals surface area (Å²) in [6.07, 6.45) is 9.08. The number of benzene rings is 1. The first-order chi connectivity index (χ1) is 10.2. The Morgan fingerprint density at radius 3 is 2.71 bits per heavy atom. The number of nitrogens with two attached hydrogens (primary N) is 1. The number of thiocarbonyl (C=S) groups is 1. The molecule has 0 spiro atoms. The summed E-state index contributed by atoms with van der Waals surface area (Å²) in [5.74, 6) is 1.82. The van der Waals surface area contributed by atoms with Gasteiger partial charge in [-0.05, 0) is 43.1 Å². The van der Waals surface area contributed by atoms with Gasteiger partial charge in [0.1, 0.15) is 4.99 Å². The van der Waals surface area contributed by atoms with E-state index in [1.54, 1.807) is 11.8 Å². The van der Waals surface area contributed by atoms with Gasteiger partial charge in [0.05, 0.1) is 0 Å². The van der Waals surface area contributed by atoms with E-state index in [4.69, 9.17) is 18.0 Å². The van der Waals surface area contributed by atoms with Gasteiger partial charge in [0, 0.05) is 29.2 Å². The Hall–Kier alpha value is -0.740. The molecular formula is C17H24N2S2. The highest BCUT2D eigenvalue weighted by Crippen LogP contribution is 2.39. The highest BCUT2D eigenvalue weighted by molar-refractivity contribution is 7.98. The number of piperidine rings is 1. The zero-order valence-electron chi connectivity index (χ0n) is 12.7. The van der Waals surface area contributed by atoms with Crippen LogP contribution in [0.15, 0.2) is 23.1 Å². The van der Waals surface area contributed by atoms with Gasteiger partial charge in [-0.3, -0.25) is 0 Å². The van der Waals surface area contributed by atoms with Crippen LogP contribution in [0.2, 0.25) is 0 Å². The smallest absolute Gasteiger partial charge is 0.107 e. The Kier molecular flexibility index (Phi) is 4.75. The van der Waals surface area contributed by atoms with Crippen molar-refractivity contribution in [3.63, 3.8) is 0 Å². The monoisotopic (exact) mass is 320 g/mol. The molecule has 1 aliphatic carbocycles. The van der Waals surface area contributed by atoms with E-state index < -0.39 is 0 Å². The molecule has 2 nitrogen and oxygen atoms in total. The van der Waals surface area contributed by atoms with Crippen LogP contribution in [-0.4, -0.2) is 24.3 Å². The minimum atomic E-state index is 0.528. The molecule has 0 amide bonds. The fourth-order valence-electron chi connectivity index (χ4n) is 4.02. The Balaban J connectivity index is 1.88. The van der Waals surface area contributed by atoms with Gasteiger partial charge in [-0.15, -0.1) is 11.8 Å². The van der Waals surface area contributed by atoms with Crippen LogP contribution < -0.4 is 10.6 Å². The standard InChI is InChI=1S/C17H24N2S2/c1-21-15-8-4-7-14(16(15)17(18)20)19-10-9-12-5-2-3-6-13(12)11-19/h4,7-8,12-13H,2-3,5-6,9-11H2,1H3,(H2,18,20). The van der Waals surface area contributed by atoms with Gasteiger partial charge < -0.3 is 10.6 Å². The maximum Gasteiger partial charge on any atom is 0.107 e. The van der Waals surface area contributed by atoms with Crippen LogP contribution in [0.5, 0.6) is 0 Å². The minimum absolute atomic E-state index is 0.528. The first-order valence-electron chi connectivity index (χ1n) is 7.92. The molecule has 2 unspecified atom stereocenters. The fraction of sp³-hybridized carbons (Fsp3) is 0.588. The van der Waals surface area contributed by atoms with Gasteiger partial charge >= 0.3 is 0 Å². The van der Waals surface area contributed by atoms with Crippen LogP contribution in [0.25, 0.3) is 0 Å². The van der Waals surface area contributed by atoms with Gasteiger partial charge in [-0.25, -0.2) is 0 Å². The Labute approximate surface area is 137 Å². The molecule has 2 N–H and O–H groups in total. The second kappa shape index (κ2) is 6.57. The van der Waals surface area contributed by atoms with Crippen molar-refractivity contribution in [3.05, 3.63) is 23.8 Å². The SMILES string of the molecule is CSc1cccc(N2CCC3CCCCC3C2)c1C(N)=S. The van der Waals surface area contributed by atoms with Crippen LogP contribution in [0.1, 0.15) is 37.7 Å². The molecule has 3 rings (SSSR count). The molecular weight excluding hydrogens is 296 g/mol. The average Bonchev–Trinajstić information content (AvgIpc) is 2.53. The Morgan fingerprint density at radius 1 is 1.24 bits per heavy atom. The summed E-state index contributed by atoms with van der Waals surface area (Å²) in [6, 6.07) is 6.45. The topological polar surface area (TPSA) is 29.3 Å². The molecule has 114 valence electrons. The van der Waals surface area contributed by atoms with E-state index in [0.717, 1.165) is 23.9 Å². The zero-order chi connectivity index (χ0) is 14.8. The van der Waals surface area contributed by atoms with Crippen molar-refractivity contribution < 1.29 is 0 Å². The molecule has 2 atom stereocenters. The zero-order valence-corrected chi connectivity index (χ0v) is 14.3. The number of thioether (sulfide) groups is 1. The van der Waals surface area contributed by atoms with E-state index in [0.29, 0.717) is 4.99 Å². The fourth-order valence-corrected chi connectivity index (χ4v) is 4.93. The molecule has 1 heterocycles. The van der Waals surface area contributed by atoms with E-state index in [-0.39, 0.29) is 0 Å². The number of anilines is 1. The summed E-state index contributed by atoms with van der Waals surface area (Å²) < 4.78 is 0. The van der Waals surface area contributed by atoms with Gasteiger partial charge in [-0.2, -0.15) is 0 Å². The number of rotatable bonds is 3. The lowest BCUT2D eigenvalue weighted by molar-refractivity contribution is 0.202. The van der Waals surface area contributed by atoms with Gasteiger partial charge in [0.15, 0.2) is 0 Å². The summed E-state index contributed by atoms with van der Waals surface area (Å²) >= 11 is 7.06. The molecule has 0 radical (unpaired) electrons. The van der Waals surface area contributed by atoms with Crippen LogP contribution >= 0.6 is 24.0 Å². The molecule has 2 aliphatic rings. The largest absolute Gasteiger partial charge is 0.389 e. The average molecular weight is 321 g/mol. The van der Waals surface area contributed by atoms with Gasteiger partial charge in [0.25, 0.3) is 0 Å². The summed E-state index contributed by atoms with van der Waals surface area (Å²) in [4.78, 5) is 4.26. The van der Waals surface area contributed by atoms with Crippen LogP contribution in [-0.2, 0) is 0 Å². The van der Waals surface area contributed by atoms with Gasteiger partial charge in [0.2, 0.25) is 0 Å². The van der Waals surface area contributed by atoms with Gasteiger partial charge in [-0.1, -0.05) is 37.5 Å². The van der Waals surface area contributed by atoms with E-state index in [2.05, 4.69) is 29.4 Å². The predicted octanol–water partition coefficient (Wildman–Crippen LogP) is 4.06. The lowest BCUT2D eigenvalue weighted by Crippen LogP contribution is -2.42. The number of hydrogen-bond donors (Lipinski definition) is 1. The summed E-state index contributed by atoms with van der Waals surface area (Å²) in [7, 11) is 0. The van der Waals surface area contributed by atoms with E-state index in [1.807, 2.05) is 0 Å². The molecule has 21 heavy (non-hydrogen) atoms. The normalized spacial score (nSPS) is 25.5. The van der Waals surface area contributed by atoms with Crippen molar-refractivity contribution in [2.24, 2.45) is 17.6 Å². The second-order valence-electron chi connectivity index (χ2n) is 6.26. The highest BCUT2D eigenvalue weighted by Gasteiger charge is 2.32. The molecule has 1 aliphatic heterocycles. The minimum Gasteiger partial charge on any atom is -0.389 e. The Bertz CT molecular complexity index is 530. The molecule has 1 saturated heterocycles. The first-order valence-corrected chi connectivity index (χ1v) is 9.55. The van der Waals surface area contributed by atoms with E-state index in [9.17, 15) is 0 Å². The van der Waals surface area contributed by atoms with Crippen LogP contribution in [0.4, 0.5) is 5.69 Å². The maximum atomic E-state index is 6.02. The summed E-state index contributed by atoms with van der Waals surface area (Å²) in [5.41, 5.74) is 8.35. The maximum absolute atomic E-state index is 6.02. The lowest BCUT2D eigenvalue weighted by Gasteiger charge is -2.43. The molecule has 1 aromatic rings. The predicted molar refractivity (Wildman–Crippen MR) is 96.4 cm³/mol. The first kappa shape index (κ1) is 15.2. The number of hydrogen-bond acceptors (Lipinski definition) is 3. The molecule has 1 aromatic carbocycles. The van der Waals surface area contributed by atoms with Crippen molar-refractivity contribution in [2.75, 3.05) is 24.2 Å². The lowest BCUT2D eigenvalue weighted by atomic mass is 9.75. The van der Waals surface area contributed by atoms with Crippen LogP contribution in [0.3, 0.4) is 0 Å². The second-order valence-corrected chi connectivity index (χ2v) is 7.55. The molecule has 1 saturated carbocycles. The molecule has 4 heteroatoms.